The lowest BCUT2D eigenvalue weighted by Crippen LogP contribution is -2.27. The highest BCUT2D eigenvalue weighted by Gasteiger charge is 2.13. The van der Waals surface area contributed by atoms with Gasteiger partial charge in [0.25, 0.3) is 0 Å². The van der Waals surface area contributed by atoms with Crippen molar-refractivity contribution in [3.63, 3.8) is 0 Å². The average molecular weight is 452 g/mol. The van der Waals surface area contributed by atoms with Crippen molar-refractivity contribution in [2.45, 2.75) is 13.5 Å². The van der Waals surface area contributed by atoms with Crippen LogP contribution in [-0.2, 0) is 6.54 Å². The number of carbonyl (C=O) groups is 1. The summed E-state index contributed by atoms with van der Waals surface area (Å²) in [5, 5.41) is 6.21. The summed E-state index contributed by atoms with van der Waals surface area (Å²) < 4.78 is 5.29. The highest BCUT2D eigenvalue weighted by atomic mass is 35.5. The van der Waals surface area contributed by atoms with Crippen LogP contribution in [0.5, 0.6) is 5.75 Å². The fourth-order valence-corrected chi connectivity index (χ4v) is 3.50. The van der Waals surface area contributed by atoms with Gasteiger partial charge in [-0.1, -0.05) is 23.7 Å². The van der Waals surface area contributed by atoms with Crippen molar-refractivity contribution >= 4 is 34.8 Å². The van der Waals surface area contributed by atoms with Gasteiger partial charge in [-0.25, -0.2) is 4.79 Å². The van der Waals surface area contributed by atoms with E-state index in [1.165, 1.54) is 7.11 Å². The number of amides is 2. The van der Waals surface area contributed by atoms with E-state index in [4.69, 9.17) is 16.3 Å². The number of rotatable bonds is 6. The third kappa shape index (κ3) is 5.76. The Kier molecular flexibility index (Phi) is 7.68. The molecule has 1 heterocycles. The van der Waals surface area contributed by atoms with Gasteiger partial charge in [-0.2, -0.15) is 0 Å². The first-order chi connectivity index (χ1) is 15.4. The molecule has 0 saturated carbocycles. The van der Waals surface area contributed by atoms with Crippen LogP contribution in [0.3, 0.4) is 0 Å². The quantitative estimate of drug-likeness (QED) is 0.398. The number of hydrogen-bond acceptors (Lipinski definition) is 4. The molecule has 7 nitrogen and oxygen atoms in total. The third-order valence-electron chi connectivity index (χ3n) is 4.89. The Labute approximate surface area is 193 Å². The summed E-state index contributed by atoms with van der Waals surface area (Å²) in [6, 6.07) is 14.5. The standard InChI is InChI=1S/C24H26ClN5O2/c1-16-5-6-17(15-30(3)23(26-2)18-9-11-27-12-10-18)13-20(16)28-24(31)29-21-14-19(25)7-8-22(21)32-4/h5-14H,15H2,1-4H3,(H2,28,29,31). The summed E-state index contributed by atoms with van der Waals surface area (Å²) in [6.45, 7) is 2.56. The highest BCUT2D eigenvalue weighted by molar-refractivity contribution is 6.31. The lowest BCUT2D eigenvalue weighted by Gasteiger charge is -2.22. The van der Waals surface area contributed by atoms with Crippen molar-refractivity contribution in [2.24, 2.45) is 4.99 Å². The number of methoxy groups -OCH3 is 1. The van der Waals surface area contributed by atoms with Crippen LogP contribution in [0.15, 0.2) is 65.9 Å². The minimum Gasteiger partial charge on any atom is -0.495 e. The molecule has 3 rings (SSSR count). The van der Waals surface area contributed by atoms with E-state index in [1.54, 1.807) is 37.6 Å². The van der Waals surface area contributed by atoms with Crippen LogP contribution in [0, 0.1) is 6.92 Å². The van der Waals surface area contributed by atoms with Crippen LogP contribution < -0.4 is 15.4 Å². The predicted molar refractivity (Wildman–Crippen MR) is 130 cm³/mol. The number of amidine groups is 1. The molecule has 0 saturated heterocycles. The van der Waals surface area contributed by atoms with Gasteiger partial charge < -0.3 is 20.3 Å². The molecule has 0 aliphatic carbocycles. The van der Waals surface area contributed by atoms with E-state index in [1.807, 2.05) is 44.3 Å². The fraction of sp³-hybridized carbons (Fsp3) is 0.208. The number of ether oxygens (including phenoxy) is 1. The number of urea groups is 1. The zero-order valence-corrected chi connectivity index (χ0v) is 19.3. The third-order valence-corrected chi connectivity index (χ3v) is 5.13. The maximum Gasteiger partial charge on any atom is 0.323 e. The summed E-state index contributed by atoms with van der Waals surface area (Å²) in [5.74, 6) is 1.38. The Balaban J connectivity index is 1.73. The molecule has 0 bridgehead atoms. The van der Waals surface area contributed by atoms with Crippen molar-refractivity contribution in [3.05, 3.63) is 82.6 Å². The lowest BCUT2D eigenvalue weighted by atomic mass is 10.1. The van der Waals surface area contributed by atoms with Gasteiger partial charge in [-0.15, -0.1) is 0 Å². The number of aromatic nitrogens is 1. The van der Waals surface area contributed by atoms with Crippen LogP contribution in [-0.4, -0.2) is 43.0 Å². The van der Waals surface area contributed by atoms with Crippen LogP contribution >= 0.6 is 11.6 Å². The van der Waals surface area contributed by atoms with E-state index in [0.29, 0.717) is 28.7 Å². The minimum atomic E-state index is -0.383. The van der Waals surface area contributed by atoms with Gasteiger partial charge in [0.2, 0.25) is 0 Å². The molecule has 0 atom stereocenters. The number of halogens is 1. The highest BCUT2D eigenvalue weighted by Crippen LogP contribution is 2.28. The molecule has 166 valence electrons. The molecule has 0 unspecified atom stereocenters. The zero-order chi connectivity index (χ0) is 23.1. The van der Waals surface area contributed by atoms with Crippen LogP contribution in [0.2, 0.25) is 5.02 Å². The Morgan fingerprint density at radius 1 is 1.09 bits per heavy atom. The molecule has 2 amide bonds. The normalized spacial score (nSPS) is 11.1. The molecule has 0 spiro atoms. The molecule has 0 aliphatic heterocycles. The number of nitrogens with one attached hydrogen (secondary N) is 2. The first kappa shape index (κ1) is 23.1. The first-order valence-electron chi connectivity index (χ1n) is 10.0. The molecular weight excluding hydrogens is 426 g/mol. The second kappa shape index (κ2) is 10.6. The number of carbonyl (C=O) groups excluding carboxylic acids is 1. The summed E-state index contributed by atoms with van der Waals surface area (Å²) in [7, 11) is 5.28. The topological polar surface area (TPSA) is 78.9 Å². The molecule has 1 aromatic heterocycles. The van der Waals surface area contributed by atoms with E-state index in [2.05, 4.69) is 25.5 Å². The summed E-state index contributed by atoms with van der Waals surface area (Å²) >= 11 is 6.05. The van der Waals surface area contributed by atoms with Crippen molar-refractivity contribution in [1.82, 2.24) is 9.88 Å². The van der Waals surface area contributed by atoms with Gasteiger partial charge in [-0.05, 0) is 54.4 Å². The van der Waals surface area contributed by atoms with Crippen LogP contribution in [0.1, 0.15) is 16.7 Å². The SMILES string of the molecule is CN=C(c1ccncc1)N(C)Cc1ccc(C)c(NC(=O)Nc2cc(Cl)ccc2OC)c1. The molecular formula is C24H26ClN5O2. The van der Waals surface area contributed by atoms with Gasteiger partial charge in [0.1, 0.15) is 11.6 Å². The van der Waals surface area contributed by atoms with Crippen molar-refractivity contribution < 1.29 is 9.53 Å². The number of anilines is 2. The maximum atomic E-state index is 12.6. The summed E-state index contributed by atoms with van der Waals surface area (Å²) in [5.41, 5.74) is 4.18. The molecule has 0 aliphatic rings. The van der Waals surface area contributed by atoms with Crippen molar-refractivity contribution in [2.75, 3.05) is 31.8 Å². The number of aryl methyl sites for hydroxylation is 1. The van der Waals surface area contributed by atoms with Crippen LogP contribution in [0.25, 0.3) is 0 Å². The molecule has 2 aromatic carbocycles. The molecule has 32 heavy (non-hydrogen) atoms. The summed E-state index contributed by atoms with van der Waals surface area (Å²) in [6.07, 6.45) is 3.49. The molecule has 2 N–H and O–H groups in total. The number of pyridine rings is 1. The van der Waals surface area contributed by atoms with E-state index >= 15 is 0 Å². The molecule has 3 aromatic rings. The van der Waals surface area contributed by atoms with Gasteiger partial charge in [0.05, 0.1) is 12.8 Å². The van der Waals surface area contributed by atoms with Gasteiger partial charge in [0.15, 0.2) is 0 Å². The Morgan fingerprint density at radius 3 is 2.50 bits per heavy atom. The Morgan fingerprint density at radius 2 is 1.81 bits per heavy atom. The van der Waals surface area contributed by atoms with Crippen molar-refractivity contribution in [3.8, 4) is 5.75 Å². The fourth-order valence-electron chi connectivity index (χ4n) is 3.33. The van der Waals surface area contributed by atoms with E-state index in [9.17, 15) is 4.79 Å². The molecule has 8 heteroatoms. The second-order valence-corrected chi connectivity index (χ2v) is 7.65. The van der Waals surface area contributed by atoms with E-state index in [-0.39, 0.29) is 6.03 Å². The molecule has 0 fully saturated rings. The van der Waals surface area contributed by atoms with Gasteiger partial charge in [0, 0.05) is 49.3 Å². The van der Waals surface area contributed by atoms with E-state index in [0.717, 1.165) is 22.5 Å². The molecule has 0 radical (unpaired) electrons. The summed E-state index contributed by atoms with van der Waals surface area (Å²) in [4.78, 5) is 23.2. The lowest BCUT2D eigenvalue weighted by molar-refractivity contribution is 0.262. The van der Waals surface area contributed by atoms with E-state index < -0.39 is 0 Å². The Bertz CT molecular complexity index is 1120. The number of hydrogen-bond donors (Lipinski definition) is 2. The van der Waals surface area contributed by atoms with Gasteiger partial charge in [-0.3, -0.25) is 9.98 Å². The Hall–Kier alpha value is -3.58. The number of aliphatic imine (C=N–C) groups is 1. The average Bonchev–Trinajstić information content (AvgIpc) is 2.77. The predicted octanol–water partition coefficient (Wildman–Crippen LogP) is 5.20. The monoisotopic (exact) mass is 451 g/mol. The van der Waals surface area contributed by atoms with Crippen molar-refractivity contribution in [1.29, 1.82) is 0 Å². The number of nitrogens with zero attached hydrogens (tertiary/aromatic N) is 3. The smallest absolute Gasteiger partial charge is 0.323 e. The van der Waals surface area contributed by atoms with Gasteiger partial charge >= 0.3 is 6.03 Å². The largest absolute Gasteiger partial charge is 0.495 e. The second-order valence-electron chi connectivity index (χ2n) is 7.21. The maximum absolute atomic E-state index is 12.6. The first-order valence-corrected chi connectivity index (χ1v) is 10.4. The zero-order valence-electron chi connectivity index (χ0n) is 18.5. The minimum absolute atomic E-state index is 0.383. The number of benzene rings is 2. The van der Waals surface area contributed by atoms with Crippen LogP contribution in [0.4, 0.5) is 16.2 Å².